The van der Waals surface area contributed by atoms with Gasteiger partial charge in [0.25, 0.3) is 0 Å². The fraction of sp³-hybridized carbons (Fsp3) is 0.950. The summed E-state index contributed by atoms with van der Waals surface area (Å²) in [6.45, 7) is 10.6. The number of likely N-dealkylation sites (tertiary alicyclic amines) is 1. The van der Waals surface area contributed by atoms with Crippen LogP contribution in [0.1, 0.15) is 65.2 Å². The van der Waals surface area contributed by atoms with Crippen LogP contribution in [0.2, 0.25) is 0 Å². The fourth-order valence-electron chi connectivity index (χ4n) is 3.23. The molecule has 1 aliphatic rings. The highest BCUT2D eigenvalue weighted by molar-refractivity contribution is 5.80. The van der Waals surface area contributed by atoms with Crippen LogP contribution in [0.25, 0.3) is 0 Å². The molecule has 0 aromatic carbocycles. The Balaban J connectivity index is 2.21. The Bertz CT molecular complexity index is 337. The van der Waals surface area contributed by atoms with Crippen LogP contribution < -0.4 is 5.32 Å². The van der Waals surface area contributed by atoms with Crippen molar-refractivity contribution in [2.24, 2.45) is 10.9 Å². The number of methoxy groups -OCH3 is 1. The minimum absolute atomic E-state index is 0.610. The number of hydrogen-bond donors (Lipinski definition) is 1. The molecule has 1 saturated heterocycles. The number of guanidine groups is 1. The average Bonchev–Trinajstić information content (AvgIpc) is 3.09. The highest BCUT2D eigenvalue weighted by Crippen LogP contribution is 2.17. The Labute approximate surface area is 155 Å². The van der Waals surface area contributed by atoms with Gasteiger partial charge in [-0.1, -0.05) is 45.4 Å². The summed E-state index contributed by atoms with van der Waals surface area (Å²) in [6.07, 6.45) is 10.5. The monoisotopic (exact) mass is 355 g/mol. The summed E-state index contributed by atoms with van der Waals surface area (Å²) in [5.41, 5.74) is 0. The normalized spacial score (nSPS) is 18.1. The lowest BCUT2D eigenvalue weighted by Crippen LogP contribution is -2.40. The Kier molecular flexibility index (Phi) is 13.7. The van der Waals surface area contributed by atoms with Gasteiger partial charge in [-0.05, 0) is 19.8 Å². The maximum absolute atomic E-state index is 5.69. The number of unbranched alkanes of at least 4 members (excludes halogenated alkanes) is 6. The lowest BCUT2D eigenvalue weighted by Gasteiger charge is -2.21. The van der Waals surface area contributed by atoms with Gasteiger partial charge in [-0.2, -0.15) is 0 Å². The second-order valence-corrected chi connectivity index (χ2v) is 7.03. The van der Waals surface area contributed by atoms with Gasteiger partial charge in [0.1, 0.15) is 0 Å². The van der Waals surface area contributed by atoms with E-state index in [9.17, 15) is 0 Å². The first-order valence-electron chi connectivity index (χ1n) is 10.4. The predicted octanol–water partition coefficient (Wildman–Crippen LogP) is 3.69. The van der Waals surface area contributed by atoms with Gasteiger partial charge in [0.15, 0.2) is 5.96 Å². The van der Waals surface area contributed by atoms with Gasteiger partial charge in [-0.25, -0.2) is 0 Å². The second kappa shape index (κ2) is 15.4. The summed E-state index contributed by atoms with van der Waals surface area (Å²) in [5, 5.41) is 3.46. The third-order valence-electron chi connectivity index (χ3n) is 4.73. The highest BCUT2D eigenvalue weighted by Gasteiger charge is 2.24. The highest BCUT2D eigenvalue weighted by atomic mass is 16.5. The number of aliphatic imine (C=N–C) groups is 1. The van der Waals surface area contributed by atoms with Crippen LogP contribution >= 0.6 is 0 Å². The van der Waals surface area contributed by atoms with E-state index in [1.54, 1.807) is 7.11 Å². The topological polar surface area (TPSA) is 46.1 Å². The number of nitrogens with zero attached hydrogens (tertiary/aromatic N) is 2. The zero-order valence-corrected chi connectivity index (χ0v) is 16.9. The summed E-state index contributed by atoms with van der Waals surface area (Å²) in [7, 11) is 1.71. The lowest BCUT2D eigenvalue weighted by atomic mass is 10.1. The Morgan fingerprint density at radius 3 is 2.56 bits per heavy atom. The summed E-state index contributed by atoms with van der Waals surface area (Å²) < 4.78 is 10.7. The van der Waals surface area contributed by atoms with Gasteiger partial charge in [-0.3, -0.25) is 4.99 Å². The molecule has 0 saturated carbocycles. The standard InChI is InChI=1S/C20H41N3O2/c1-4-6-7-8-9-10-11-13-22-20(21-5-2)23-14-12-19(17-23)18-25-16-15-24-3/h19H,4-18H2,1-3H3,(H,21,22). The van der Waals surface area contributed by atoms with Crippen LogP contribution in [0, 0.1) is 5.92 Å². The molecule has 1 N–H and O–H groups in total. The second-order valence-electron chi connectivity index (χ2n) is 7.03. The lowest BCUT2D eigenvalue weighted by molar-refractivity contribution is 0.0536. The number of rotatable bonds is 14. The van der Waals surface area contributed by atoms with Gasteiger partial charge < -0.3 is 19.7 Å². The molecule has 0 spiro atoms. The van der Waals surface area contributed by atoms with Gasteiger partial charge in [0.2, 0.25) is 0 Å². The van der Waals surface area contributed by atoms with Gasteiger partial charge in [0, 0.05) is 39.2 Å². The van der Waals surface area contributed by atoms with Crippen LogP contribution in [-0.2, 0) is 9.47 Å². The van der Waals surface area contributed by atoms with Crippen LogP contribution in [0.15, 0.2) is 4.99 Å². The predicted molar refractivity (Wildman–Crippen MR) is 106 cm³/mol. The summed E-state index contributed by atoms with van der Waals surface area (Å²) in [4.78, 5) is 7.24. The summed E-state index contributed by atoms with van der Waals surface area (Å²) in [6, 6.07) is 0. The molecule has 0 radical (unpaired) electrons. The average molecular weight is 356 g/mol. The molecule has 1 aliphatic heterocycles. The Morgan fingerprint density at radius 2 is 1.84 bits per heavy atom. The van der Waals surface area contributed by atoms with Crippen molar-refractivity contribution in [2.75, 3.05) is 53.1 Å². The Hall–Kier alpha value is -0.810. The van der Waals surface area contributed by atoms with Crippen LogP contribution in [0.3, 0.4) is 0 Å². The quantitative estimate of drug-likeness (QED) is 0.293. The van der Waals surface area contributed by atoms with E-state index in [4.69, 9.17) is 14.5 Å². The van der Waals surface area contributed by atoms with Gasteiger partial charge in [0.05, 0.1) is 19.8 Å². The SMILES string of the molecule is CCCCCCCCCN=C(NCC)N1CCC(COCCOC)C1. The van der Waals surface area contributed by atoms with Gasteiger partial charge >= 0.3 is 0 Å². The van der Waals surface area contributed by atoms with Crippen molar-refractivity contribution in [3.8, 4) is 0 Å². The molecule has 25 heavy (non-hydrogen) atoms. The third kappa shape index (κ3) is 10.7. The molecule has 0 amide bonds. The molecule has 0 aromatic rings. The van der Waals surface area contributed by atoms with Crippen molar-refractivity contribution < 1.29 is 9.47 Å². The van der Waals surface area contributed by atoms with E-state index in [1.807, 2.05) is 0 Å². The molecule has 0 bridgehead atoms. The van der Waals surface area contributed by atoms with E-state index < -0.39 is 0 Å². The summed E-state index contributed by atoms with van der Waals surface area (Å²) >= 11 is 0. The molecule has 0 aliphatic carbocycles. The van der Waals surface area contributed by atoms with Gasteiger partial charge in [-0.15, -0.1) is 0 Å². The van der Waals surface area contributed by atoms with E-state index in [1.165, 1.54) is 51.4 Å². The van der Waals surface area contributed by atoms with Crippen molar-refractivity contribution in [3.63, 3.8) is 0 Å². The molecule has 1 rings (SSSR count). The van der Waals surface area contributed by atoms with Crippen LogP contribution in [-0.4, -0.2) is 64.0 Å². The van der Waals surface area contributed by atoms with Crippen LogP contribution in [0.4, 0.5) is 0 Å². The molecular formula is C20H41N3O2. The van der Waals surface area contributed by atoms with E-state index in [-0.39, 0.29) is 0 Å². The molecule has 0 aromatic heterocycles. The van der Waals surface area contributed by atoms with E-state index in [0.29, 0.717) is 19.1 Å². The number of ether oxygens (including phenoxy) is 2. The smallest absolute Gasteiger partial charge is 0.193 e. The maximum atomic E-state index is 5.69. The molecule has 1 fully saturated rings. The Morgan fingerprint density at radius 1 is 1.08 bits per heavy atom. The molecule has 5 heteroatoms. The molecule has 1 heterocycles. The molecule has 5 nitrogen and oxygen atoms in total. The molecule has 148 valence electrons. The van der Waals surface area contributed by atoms with E-state index >= 15 is 0 Å². The first-order valence-corrected chi connectivity index (χ1v) is 10.4. The zero-order chi connectivity index (χ0) is 18.2. The van der Waals surface area contributed by atoms with E-state index in [0.717, 1.165) is 38.7 Å². The van der Waals surface area contributed by atoms with Crippen molar-refractivity contribution in [2.45, 2.75) is 65.2 Å². The first-order chi connectivity index (χ1) is 12.3. The minimum atomic E-state index is 0.610. The fourth-order valence-corrected chi connectivity index (χ4v) is 3.23. The number of nitrogens with one attached hydrogen (secondary N) is 1. The maximum Gasteiger partial charge on any atom is 0.193 e. The first kappa shape index (κ1) is 22.2. The number of hydrogen-bond acceptors (Lipinski definition) is 3. The van der Waals surface area contributed by atoms with Crippen molar-refractivity contribution >= 4 is 5.96 Å². The zero-order valence-electron chi connectivity index (χ0n) is 16.9. The van der Waals surface area contributed by atoms with Crippen molar-refractivity contribution in [1.29, 1.82) is 0 Å². The molecule has 1 atom stereocenters. The molecular weight excluding hydrogens is 314 g/mol. The summed E-state index contributed by atoms with van der Waals surface area (Å²) in [5.74, 6) is 1.70. The third-order valence-corrected chi connectivity index (χ3v) is 4.73. The molecule has 1 unspecified atom stereocenters. The van der Waals surface area contributed by atoms with Crippen molar-refractivity contribution in [1.82, 2.24) is 10.2 Å². The minimum Gasteiger partial charge on any atom is -0.382 e. The van der Waals surface area contributed by atoms with Crippen LogP contribution in [0.5, 0.6) is 0 Å². The van der Waals surface area contributed by atoms with Crippen molar-refractivity contribution in [3.05, 3.63) is 0 Å². The van der Waals surface area contributed by atoms with E-state index in [2.05, 4.69) is 24.1 Å². The largest absolute Gasteiger partial charge is 0.382 e.